The lowest BCUT2D eigenvalue weighted by molar-refractivity contribution is 0.0594. The minimum Gasteiger partial charge on any atom is -0.464 e. The fourth-order valence-electron chi connectivity index (χ4n) is 2.38. The summed E-state index contributed by atoms with van der Waals surface area (Å²) in [5, 5.41) is 4.21. The van der Waals surface area contributed by atoms with Gasteiger partial charge in [-0.25, -0.2) is 14.5 Å². The molecule has 0 aliphatic heterocycles. The first-order chi connectivity index (χ1) is 11.2. The summed E-state index contributed by atoms with van der Waals surface area (Å²) < 4.78 is 6.54. The second-order valence-electron chi connectivity index (χ2n) is 5.28. The van der Waals surface area contributed by atoms with E-state index < -0.39 is 5.97 Å². The third-order valence-corrected chi connectivity index (χ3v) is 3.71. The van der Waals surface area contributed by atoms with Crippen LogP contribution in [-0.4, -0.2) is 27.8 Å². The third-order valence-electron chi connectivity index (χ3n) is 3.71. The predicted octanol–water partition coefficient (Wildman–Crippen LogP) is 2.95. The van der Waals surface area contributed by atoms with Crippen LogP contribution in [0.1, 0.15) is 27.2 Å². The Kier molecular flexibility index (Phi) is 4.19. The van der Waals surface area contributed by atoms with Crippen molar-refractivity contribution in [2.45, 2.75) is 13.3 Å². The number of carbonyl (C=O) groups excluding carboxylic acids is 1. The van der Waals surface area contributed by atoms with Crippen molar-refractivity contribution in [1.82, 2.24) is 14.8 Å². The number of aryl methyl sites for hydroxylation is 1. The molecule has 5 heteroatoms. The van der Waals surface area contributed by atoms with Gasteiger partial charge in [0.15, 0.2) is 0 Å². The van der Waals surface area contributed by atoms with E-state index in [-0.39, 0.29) is 0 Å². The first-order valence-electron chi connectivity index (χ1n) is 7.30. The van der Waals surface area contributed by atoms with Crippen LogP contribution in [0.15, 0.2) is 55.0 Å². The van der Waals surface area contributed by atoms with Gasteiger partial charge in [0.1, 0.15) is 5.69 Å². The van der Waals surface area contributed by atoms with Gasteiger partial charge < -0.3 is 4.74 Å². The molecule has 0 unspecified atom stereocenters. The number of pyridine rings is 1. The highest BCUT2D eigenvalue weighted by atomic mass is 16.5. The summed E-state index contributed by atoms with van der Waals surface area (Å²) in [4.78, 5) is 15.7. The highest BCUT2D eigenvalue weighted by Crippen LogP contribution is 2.16. The third kappa shape index (κ3) is 3.29. The van der Waals surface area contributed by atoms with Crippen molar-refractivity contribution in [3.05, 3.63) is 77.4 Å². The van der Waals surface area contributed by atoms with Gasteiger partial charge in [-0.15, -0.1) is 0 Å². The molecule has 1 aromatic carbocycles. The Morgan fingerprint density at radius 1 is 1.26 bits per heavy atom. The van der Waals surface area contributed by atoms with Gasteiger partial charge in [0, 0.05) is 18.6 Å². The van der Waals surface area contributed by atoms with E-state index in [0.29, 0.717) is 5.69 Å². The van der Waals surface area contributed by atoms with Crippen molar-refractivity contribution in [2.24, 2.45) is 0 Å². The van der Waals surface area contributed by atoms with Crippen LogP contribution >= 0.6 is 0 Å². The van der Waals surface area contributed by atoms with Crippen molar-refractivity contribution in [3.8, 4) is 5.69 Å². The maximum atomic E-state index is 11.6. The molecular weight excluding hydrogens is 290 g/mol. The first-order valence-corrected chi connectivity index (χ1v) is 7.30. The summed E-state index contributed by atoms with van der Waals surface area (Å²) in [5.41, 5.74) is 4.62. The molecule has 0 saturated carbocycles. The van der Waals surface area contributed by atoms with Crippen molar-refractivity contribution < 1.29 is 9.53 Å². The average Bonchev–Trinajstić information content (AvgIpc) is 3.11. The number of hydrogen-bond acceptors (Lipinski definition) is 4. The summed E-state index contributed by atoms with van der Waals surface area (Å²) in [6.45, 7) is 1.99. The summed E-state index contributed by atoms with van der Waals surface area (Å²) in [7, 11) is 1.36. The van der Waals surface area contributed by atoms with Gasteiger partial charge in [0.25, 0.3) is 0 Å². The topological polar surface area (TPSA) is 57.0 Å². The fourth-order valence-corrected chi connectivity index (χ4v) is 2.38. The van der Waals surface area contributed by atoms with Crippen LogP contribution < -0.4 is 0 Å². The molecular formula is C18H17N3O2. The van der Waals surface area contributed by atoms with Crippen molar-refractivity contribution in [2.75, 3.05) is 7.11 Å². The second kappa shape index (κ2) is 6.44. The molecule has 2 heterocycles. The molecule has 23 heavy (non-hydrogen) atoms. The smallest absolute Gasteiger partial charge is 0.356 e. The minimum absolute atomic E-state index is 0.335. The number of esters is 1. The molecule has 0 fully saturated rings. The molecule has 0 N–H and O–H groups in total. The molecule has 5 nitrogen and oxygen atoms in total. The zero-order valence-electron chi connectivity index (χ0n) is 13.1. The van der Waals surface area contributed by atoms with E-state index in [1.165, 1.54) is 7.11 Å². The van der Waals surface area contributed by atoms with Crippen LogP contribution in [0.25, 0.3) is 5.69 Å². The number of nitrogens with zero attached hydrogens (tertiary/aromatic N) is 3. The van der Waals surface area contributed by atoms with Crippen molar-refractivity contribution in [3.63, 3.8) is 0 Å². The van der Waals surface area contributed by atoms with Crippen LogP contribution in [0.2, 0.25) is 0 Å². The molecule has 0 aliphatic rings. The first kappa shape index (κ1) is 15.0. The molecule has 0 atom stereocenters. The van der Waals surface area contributed by atoms with Crippen LogP contribution in [0.4, 0.5) is 0 Å². The zero-order chi connectivity index (χ0) is 16.2. The van der Waals surface area contributed by atoms with Gasteiger partial charge in [0.05, 0.1) is 12.8 Å². The lowest BCUT2D eigenvalue weighted by Crippen LogP contribution is -2.06. The highest BCUT2D eigenvalue weighted by molar-refractivity contribution is 5.87. The largest absolute Gasteiger partial charge is 0.464 e. The van der Waals surface area contributed by atoms with Crippen LogP contribution in [0.3, 0.4) is 0 Å². The molecule has 0 spiro atoms. The fraction of sp³-hybridized carbons (Fsp3) is 0.167. The van der Waals surface area contributed by atoms with E-state index in [4.69, 9.17) is 4.74 Å². The van der Waals surface area contributed by atoms with E-state index in [2.05, 4.69) is 22.2 Å². The molecule has 0 aliphatic carbocycles. The molecule has 3 rings (SSSR count). The number of hydrogen-bond donors (Lipinski definition) is 0. The number of benzene rings is 1. The molecule has 2 aromatic heterocycles. The number of carbonyl (C=O) groups is 1. The molecule has 3 aromatic rings. The Labute approximate surface area is 134 Å². The lowest BCUT2D eigenvalue weighted by atomic mass is 10.0. The van der Waals surface area contributed by atoms with E-state index in [1.807, 2.05) is 36.0 Å². The Morgan fingerprint density at radius 2 is 2.04 bits per heavy atom. The average molecular weight is 307 g/mol. The SMILES string of the molecule is COC(=O)c1cc(Cc2ccc(-n3cccn3)cc2)c(C)cn1. The summed E-state index contributed by atoms with van der Waals surface area (Å²) in [6, 6.07) is 11.9. The molecule has 0 radical (unpaired) electrons. The number of aromatic nitrogens is 3. The Hall–Kier alpha value is -2.95. The standard InChI is InChI=1S/C18H17N3O2/c1-13-12-19-17(18(22)23-2)11-15(13)10-14-4-6-16(7-5-14)21-9-3-8-20-21/h3-9,11-12H,10H2,1-2H3. The predicted molar refractivity (Wildman–Crippen MR) is 86.7 cm³/mol. The van der Waals surface area contributed by atoms with Crippen LogP contribution in [-0.2, 0) is 11.2 Å². The molecule has 0 amide bonds. The molecule has 0 bridgehead atoms. The van der Waals surface area contributed by atoms with E-state index >= 15 is 0 Å². The summed E-state index contributed by atoms with van der Waals surface area (Å²) >= 11 is 0. The van der Waals surface area contributed by atoms with E-state index in [1.54, 1.807) is 18.5 Å². The van der Waals surface area contributed by atoms with E-state index in [0.717, 1.165) is 28.8 Å². The summed E-state index contributed by atoms with van der Waals surface area (Å²) in [5.74, 6) is -0.416. The van der Waals surface area contributed by atoms with Crippen LogP contribution in [0, 0.1) is 6.92 Å². The maximum absolute atomic E-state index is 11.6. The zero-order valence-corrected chi connectivity index (χ0v) is 13.1. The monoisotopic (exact) mass is 307 g/mol. The normalized spacial score (nSPS) is 10.5. The van der Waals surface area contributed by atoms with Gasteiger partial charge in [-0.05, 0) is 54.3 Å². The Morgan fingerprint density at radius 3 is 2.70 bits per heavy atom. The number of rotatable bonds is 4. The number of methoxy groups -OCH3 is 1. The number of ether oxygens (including phenoxy) is 1. The summed E-state index contributed by atoms with van der Waals surface area (Å²) in [6.07, 6.45) is 6.10. The van der Waals surface area contributed by atoms with Crippen molar-refractivity contribution >= 4 is 5.97 Å². The van der Waals surface area contributed by atoms with E-state index in [9.17, 15) is 4.79 Å². The molecule has 116 valence electrons. The second-order valence-corrected chi connectivity index (χ2v) is 5.28. The van der Waals surface area contributed by atoms with Crippen molar-refractivity contribution in [1.29, 1.82) is 0 Å². The quantitative estimate of drug-likeness (QED) is 0.695. The van der Waals surface area contributed by atoms with Gasteiger partial charge in [-0.1, -0.05) is 12.1 Å². The van der Waals surface area contributed by atoms with Gasteiger partial charge >= 0.3 is 5.97 Å². The Bertz CT molecular complexity index is 809. The maximum Gasteiger partial charge on any atom is 0.356 e. The molecule has 0 saturated heterocycles. The lowest BCUT2D eigenvalue weighted by Gasteiger charge is -2.08. The van der Waals surface area contributed by atoms with Gasteiger partial charge in [0.2, 0.25) is 0 Å². The van der Waals surface area contributed by atoms with Crippen LogP contribution in [0.5, 0.6) is 0 Å². The van der Waals surface area contributed by atoms with Gasteiger partial charge in [-0.3, -0.25) is 0 Å². The Balaban J connectivity index is 1.83. The highest BCUT2D eigenvalue weighted by Gasteiger charge is 2.10. The minimum atomic E-state index is -0.416. The van der Waals surface area contributed by atoms with Gasteiger partial charge in [-0.2, -0.15) is 5.10 Å².